The van der Waals surface area contributed by atoms with Crippen molar-refractivity contribution >= 4 is 23.3 Å². The van der Waals surface area contributed by atoms with Gasteiger partial charge in [0.05, 0.1) is 6.20 Å². The summed E-state index contributed by atoms with van der Waals surface area (Å²) in [6.45, 7) is 12.5. The molecule has 1 saturated heterocycles. The van der Waals surface area contributed by atoms with Crippen LogP contribution in [0.2, 0.25) is 0 Å². The van der Waals surface area contributed by atoms with E-state index in [1.807, 2.05) is 32.2 Å². The summed E-state index contributed by atoms with van der Waals surface area (Å²) in [4.78, 5) is 26.5. The summed E-state index contributed by atoms with van der Waals surface area (Å²) < 4.78 is 14.7. The molecule has 1 aliphatic rings. The van der Waals surface area contributed by atoms with E-state index in [-0.39, 0.29) is 17.6 Å². The molecule has 0 bridgehead atoms. The number of nitrogen functional groups attached to an aromatic ring is 1. The van der Waals surface area contributed by atoms with Crippen molar-refractivity contribution in [1.82, 2.24) is 29.7 Å². The summed E-state index contributed by atoms with van der Waals surface area (Å²) in [6.07, 6.45) is 4.50. The number of rotatable bonds is 8. The van der Waals surface area contributed by atoms with Crippen LogP contribution < -0.4 is 11.1 Å². The Balaban J connectivity index is 1.49. The number of halogens is 1. The van der Waals surface area contributed by atoms with Gasteiger partial charge in [0.2, 0.25) is 5.95 Å². The highest BCUT2D eigenvalue weighted by Crippen LogP contribution is 2.26. The lowest BCUT2D eigenvalue weighted by atomic mass is 9.98. The molecule has 3 aromatic rings. The number of hydrogen-bond donors (Lipinski definition) is 2. The van der Waals surface area contributed by atoms with Crippen LogP contribution >= 0.6 is 0 Å². The number of nitrogens with zero attached hydrogens (tertiary/aromatic N) is 7. The molecule has 10 heteroatoms. The molecule has 1 aliphatic heterocycles. The van der Waals surface area contributed by atoms with E-state index in [0.29, 0.717) is 22.8 Å². The average Bonchev–Trinajstić information content (AvgIpc) is 2.88. The van der Waals surface area contributed by atoms with E-state index in [1.165, 1.54) is 6.20 Å². The first-order valence-corrected chi connectivity index (χ1v) is 12.3. The summed E-state index contributed by atoms with van der Waals surface area (Å²) in [5, 5.41) is 3.07. The molecule has 3 aromatic heterocycles. The van der Waals surface area contributed by atoms with Crippen LogP contribution in [0.25, 0.3) is 11.3 Å². The van der Waals surface area contributed by atoms with Crippen LogP contribution in [-0.2, 0) is 6.54 Å². The van der Waals surface area contributed by atoms with Crippen molar-refractivity contribution in [3.8, 4) is 11.3 Å². The van der Waals surface area contributed by atoms with E-state index < -0.39 is 5.82 Å². The SMILES string of the molecule is CCN1CCN(Cc2ccc(Nc3ncc(F)c(-c4cnc(N)c(C(=NC)C(C)C)c4)n3)nc2)CC1. The van der Waals surface area contributed by atoms with E-state index in [2.05, 4.69) is 47.0 Å². The summed E-state index contributed by atoms with van der Waals surface area (Å²) >= 11 is 0. The van der Waals surface area contributed by atoms with Gasteiger partial charge in [0.1, 0.15) is 17.3 Å². The van der Waals surface area contributed by atoms with Crippen LogP contribution in [-0.4, -0.2) is 75.2 Å². The summed E-state index contributed by atoms with van der Waals surface area (Å²) in [6, 6.07) is 5.70. The number of likely N-dealkylation sites (N-methyl/N-ethyl adjacent to an activating group) is 1. The van der Waals surface area contributed by atoms with Gasteiger partial charge in [-0.1, -0.05) is 26.8 Å². The zero-order valence-electron chi connectivity index (χ0n) is 21.4. The zero-order valence-corrected chi connectivity index (χ0v) is 21.4. The summed E-state index contributed by atoms with van der Waals surface area (Å²) in [5.41, 5.74) is 9.33. The first-order valence-electron chi connectivity index (χ1n) is 12.3. The van der Waals surface area contributed by atoms with Crippen LogP contribution in [0.15, 0.2) is 41.8 Å². The standard InChI is InChI=1S/C26H34FN9/c1-5-35-8-10-36(11-9-35)16-18-6-7-22(30-13-18)33-26-32-15-21(27)24(34-26)19-12-20(25(28)31-14-19)23(29-4)17(2)3/h6-7,12-15,17H,5,8-11,16H2,1-4H3,(H2,28,31)(H,30,32,33,34). The maximum Gasteiger partial charge on any atom is 0.229 e. The number of aliphatic imine (C=N–C) groups is 1. The highest BCUT2D eigenvalue weighted by Gasteiger charge is 2.18. The minimum Gasteiger partial charge on any atom is -0.383 e. The minimum atomic E-state index is -0.552. The predicted molar refractivity (Wildman–Crippen MR) is 142 cm³/mol. The fraction of sp³-hybridized carbons (Fsp3) is 0.423. The molecule has 0 radical (unpaired) electrons. The van der Waals surface area contributed by atoms with Gasteiger partial charge in [-0.15, -0.1) is 0 Å². The number of hydrogen-bond acceptors (Lipinski definition) is 9. The van der Waals surface area contributed by atoms with Gasteiger partial charge in [-0.05, 0) is 30.2 Å². The first kappa shape index (κ1) is 25.6. The van der Waals surface area contributed by atoms with Crippen molar-refractivity contribution in [3.63, 3.8) is 0 Å². The van der Waals surface area contributed by atoms with E-state index in [9.17, 15) is 4.39 Å². The molecule has 0 aromatic carbocycles. The Bertz CT molecular complexity index is 1200. The van der Waals surface area contributed by atoms with Crippen LogP contribution in [0.5, 0.6) is 0 Å². The smallest absolute Gasteiger partial charge is 0.229 e. The second kappa shape index (κ2) is 11.5. The molecule has 1 fully saturated rings. The van der Waals surface area contributed by atoms with E-state index >= 15 is 0 Å². The van der Waals surface area contributed by atoms with Gasteiger partial charge in [0.25, 0.3) is 0 Å². The van der Waals surface area contributed by atoms with Gasteiger partial charge < -0.3 is 16.0 Å². The number of anilines is 3. The fourth-order valence-electron chi connectivity index (χ4n) is 4.36. The van der Waals surface area contributed by atoms with Crippen molar-refractivity contribution in [2.75, 3.05) is 50.8 Å². The Labute approximate surface area is 211 Å². The van der Waals surface area contributed by atoms with Crippen LogP contribution in [0.4, 0.5) is 22.0 Å². The predicted octanol–water partition coefficient (Wildman–Crippen LogP) is 3.61. The molecule has 0 saturated carbocycles. The van der Waals surface area contributed by atoms with Gasteiger partial charge >= 0.3 is 0 Å². The monoisotopic (exact) mass is 491 g/mol. The normalized spacial score (nSPS) is 15.4. The van der Waals surface area contributed by atoms with Crippen molar-refractivity contribution in [2.24, 2.45) is 10.9 Å². The van der Waals surface area contributed by atoms with Crippen LogP contribution in [0.1, 0.15) is 31.9 Å². The second-order valence-corrected chi connectivity index (χ2v) is 9.20. The molecule has 0 aliphatic carbocycles. The molecule has 190 valence electrons. The highest BCUT2D eigenvalue weighted by atomic mass is 19.1. The van der Waals surface area contributed by atoms with Gasteiger partial charge in [0.15, 0.2) is 5.82 Å². The Kier molecular flexibility index (Phi) is 8.17. The van der Waals surface area contributed by atoms with Gasteiger partial charge in [-0.3, -0.25) is 9.89 Å². The van der Waals surface area contributed by atoms with Crippen molar-refractivity contribution in [1.29, 1.82) is 0 Å². The molecular formula is C26H34FN9. The molecule has 36 heavy (non-hydrogen) atoms. The number of nitrogens with one attached hydrogen (secondary N) is 1. The molecule has 4 rings (SSSR count). The lowest BCUT2D eigenvalue weighted by Crippen LogP contribution is -2.45. The molecule has 0 spiro atoms. The highest BCUT2D eigenvalue weighted by molar-refractivity contribution is 6.05. The fourth-order valence-corrected chi connectivity index (χ4v) is 4.36. The number of piperazine rings is 1. The minimum absolute atomic E-state index is 0.128. The number of aromatic nitrogens is 4. The lowest BCUT2D eigenvalue weighted by molar-refractivity contribution is 0.132. The summed E-state index contributed by atoms with van der Waals surface area (Å²) in [7, 11) is 1.71. The third kappa shape index (κ3) is 6.00. The van der Waals surface area contributed by atoms with Gasteiger partial charge in [-0.2, -0.15) is 0 Å². The van der Waals surface area contributed by atoms with Gasteiger partial charge in [0, 0.05) is 69.0 Å². The van der Waals surface area contributed by atoms with Crippen molar-refractivity contribution in [2.45, 2.75) is 27.3 Å². The van der Waals surface area contributed by atoms with E-state index in [4.69, 9.17) is 5.73 Å². The second-order valence-electron chi connectivity index (χ2n) is 9.20. The number of nitrogens with two attached hydrogens (primary N) is 1. The van der Waals surface area contributed by atoms with E-state index in [0.717, 1.165) is 56.7 Å². The Morgan fingerprint density at radius 3 is 2.47 bits per heavy atom. The maximum absolute atomic E-state index is 14.7. The molecule has 0 atom stereocenters. The Morgan fingerprint density at radius 2 is 1.83 bits per heavy atom. The Morgan fingerprint density at radius 1 is 1.08 bits per heavy atom. The maximum atomic E-state index is 14.7. The molecule has 0 amide bonds. The Hall–Kier alpha value is -3.50. The molecular weight excluding hydrogens is 457 g/mol. The lowest BCUT2D eigenvalue weighted by Gasteiger charge is -2.33. The quantitative estimate of drug-likeness (QED) is 0.460. The topological polar surface area (TPSA) is 108 Å². The zero-order chi connectivity index (χ0) is 25.7. The van der Waals surface area contributed by atoms with Crippen molar-refractivity contribution < 1.29 is 4.39 Å². The van der Waals surface area contributed by atoms with E-state index in [1.54, 1.807) is 13.1 Å². The van der Waals surface area contributed by atoms with Crippen LogP contribution in [0.3, 0.4) is 0 Å². The average molecular weight is 492 g/mol. The third-order valence-corrected chi connectivity index (χ3v) is 6.38. The molecule has 3 N–H and O–H groups in total. The molecule has 9 nitrogen and oxygen atoms in total. The summed E-state index contributed by atoms with van der Waals surface area (Å²) in [5.74, 6) is 0.760. The number of pyridine rings is 2. The largest absolute Gasteiger partial charge is 0.383 e. The molecule has 0 unspecified atom stereocenters. The van der Waals surface area contributed by atoms with Crippen LogP contribution in [0, 0.1) is 11.7 Å². The van der Waals surface area contributed by atoms with Gasteiger partial charge in [-0.25, -0.2) is 24.3 Å². The molecule has 4 heterocycles. The third-order valence-electron chi connectivity index (χ3n) is 6.38. The van der Waals surface area contributed by atoms with Crippen molar-refractivity contribution in [3.05, 3.63) is 53.7 Å². The first-order chi connectivity index (χ1) is 17.4.